The molecule has 2 fully saturated rings. The third kappa shape index (κ3) is 3.39. The molecule has 1 aliphatic carbocycles. The summed E-state index contributed by atoms with van der Waals surface area (Å²) in [7, 11) is 0. The van der Waals surface area contributed by atoms with Gasteiger partial charge in [0, 0.05) is 17.6 Å². The first-order valence-corrected chi connectivity index (χ1v) is 9.30. The summed E-state index contributed by atoms with van der Waals surface area (Å²) in [4.78, 5) is 19.4. The maximum atomic E-state index is 12.7. The zero-order chi connectivity index (χ0) is 17.2. The Morgan fingerprint density at radius 2 is 1.96 bits per heavy atom. The SMILES string of the molecule is O=C(N[C@@H]1CCC[C@@H](N2CCCC2)[C@@H]1O)c1cnc2ccccc2c1. The van der Waals surface area contributed by atoms with Gasteiger partial charge in [-0.25, -0.2) is 0 Å². The fourth-order valence-electron chi connectivity index (χ4n) is 4.23. The molecule has 25 heavy (non-hydrogen) atoms. The maximum Gasteiger partial charge on any atom is 0.253 e. The third-order valence-corrected chi connectivity index (χ3v) is 5.60. The van der Waals surface area contributed by atoms with E-state index in [9.17, 15) is 9.90 Å². The van der Waals surface area contributed by atoms with Crippen LogP contribution >= 0.6 is 0 Å². The molecular weight excluding hydrogens is 314 g/mol. The number of aliphatic hydroxyl groups excluding tert-OH is 1. The van der Waals surface area contributed by atoms with E-state index in [0.29, 0.717) is 5.56 Å². The number of rotatable bonds is 3. The molecule has 2 heterocycles. The summed E-state index contributed by atoms with van der Waals surface area (Å²) in [6.45, 7) is 2.13. The number of aromatic nitrogens is 1. The molecule has 1 amide bonds. The number of amides is 1. The van der Waals surface area contributed by atoms with E-state index in [1.165, 1.54) is 12.8 Å². The molecule has 0 spiro atoms. The van der Waals surface area contributed by atoms with Gasteiger partial charge in [0.15, 0.2) is 0 Å². The van der Waals surface area contributed by atoms with Crippen LogP contribution in [0.25, 0.3) is 10.9 Å². The van der Waals surface area contributed by atoms with Crippen LogP contribution in [0.15, 0.2) is 36.5 Å². The van der Waals surface area contributed by atoms with Gasteiger partial charge in [0.05, 0.1) is 23.2 Å². The number of benzene rings is 1. The second-order valence-corrected chi connectivity index (χ2v) is 7.23. The summed E-state index contributed by atoms with van der Waals surface area (Å²) in [6.07, 6.45) is 6.43. The molecule has 132 valence electrons. The Hall–Kier alpha value is -1.98. The fourth-order valence-corrected chi connectivity index (χ4v) is 4.23. The number of nitrogens with one attached hydrogen (secondary N) is 1. The molecule has 1 aromatic heterocycles. The van der Waals surface area contributed by atoms with Gasteiger partial charge in [0.1, 0.15) is 0 Å². The van der Waals surface area contributed by atoms with Crippen molar-refractivity contribution >= 4 is 16.8 Å². The van der Waals surface area contributed by atoms with E-state index in [4.69, 9.17) is 0 Å². The fraction of sp³-hybridized carbons (Fsp3) is 0.500. The van der Waals surface area contributed by atoms with E-state index >= 15 is 0 Å². The van der Waals surface area contributed by atoms with Crippen LogP contribution in [0.4, 0.5) is 0 Å². The minimum atomic E-state index is -0.496. The van der Waals surface area contributed by atoms with Crippen molar-refractivity contribution < 1.29 is 9.90 Å². The molecule has 3 atom stereocenters. The lowest BCUT2D eigenvalue weighted by Crippen LogP contribution is -2.56. The van der Waals surface area contributed by atoms with Crippen LogP contribution in [0.5, 0.6) is 0 Å². The first kappa shape index (κ1) is 16.5. The standard InChI is InChI=1S/C20H25N3O2/c24-19-17(8-5-9-18(19)23-10-3-4-11-23)22-20(25)15-12-14-6-1-2-7-16(14)21-13-15/h1-2,6-7,12-13,17-19,24H,3-5,8-11H2,(H,22,25)/t17-,18-,19-/m1/s1. The first-order valence-electron chi connectivity index (χ1n) is 9.30. The molecule has 2 aromatic rings. The second-order valence-electron chi connectivity index (χ2n) is 7.23. The first-order chi connectivity index (χ1) is 12.2. The number of hydrogen-bond acceptors (Lipinski definition) is 4. The second kappa shape index (κ2) is 7.10. The minimum Gasteiger partial charge on any atom is -0.389 e. The van der Waals surface area contributed by atoms with Gasteiger partial charge in [-0.3, -0.25) is 14.7 Å². The Balaban J connectivity index is 1.47. The van der Waals surface area contributed by atoms with E-state index in [1.54, 1.807) is 6.20 Å². The molecule has 5 nitrogen and oxygen atoms in total. The van der Waals surface area contributed by atoms with Crippen LogP contribution in [-0.2, 0) is 0 Å². The summed E-state index contributed by atoms with van der Waals surface area (Å²) in [5, 5.41) is 14.8. The van der Waals surface area contributed by atoms with Crippen molar-refractivity contribution in [3.05, 3.63) is 42.1 Å². The molecule has 0 bridgehead atoms. The van der Waals surface area contributed by atoms with Gasteiger partial charge >= 0.3 is 0 Å². The van der Waals surface area contributed by atoms with E-state index in [2.05, 4.69) is 15.2 Å². The zero-order valence-corrected chi connectivity index (χ0v) is 14.4. The molecule has 0 radical (unpaired) electrons. The van der Waals surface area contributed by atoms with Gasteiger partial charge in [0.25, 0.3) is 5.91 Å². The topological polar surface area (TPSA) is 65.5 Å². The van der Waals surface area contributed by atoms with Gasteiger partial charge in [0.2, 0.25) is 0 Å². The summed E-state index contributed by atoms with van der Waals surface area (Å²) < 4.78 is 0. The van der Waals surface area contributed by atoms with Gasteiger partial charge in [-0.1, -0.05) is 18.2 Å². The van der Waals surface area contributed by atoms with Crippen LogP contribution in [0.1, 0.15) is 42.5 Å². The van der Waals surface area contributed by atoms with E-state index < -0.39 is 6.10 Å². The molecule has 5 heteroatoms. The monoisotopic (exact) mass is 339 g/mol. The Labute approximate surface area is 148 Å². The highest BCUT2D eigenvalue weighted by Crippen LogP contribution is 2.27. The van der Waals surface area contributed by atoms with Crippen molar-refractivity contribution in [1.29, 1.82) is 0 Å². The van der Waals surface area contributed by atoms with E-state index in [-0.39, 0.29) is 18.0 Å². The van der Waals surface area contributed by atoms with Gasteiger partial charge in [-0.2, -0.15) is 0 Å². The molecule has 1 saturated heterocycles. The molecule has 1 saturated carbocycles. The van der Waals surface area contributed by atoms with Crippen molar-refractivity contribution in [2.45, 2.75) is 50.3 Å². The number of nitrogens with zero attached hydrogens (tertiary/aromatic N) is 2. The predicted octanol–water partition coefficient (Wildman–Crippen LogP) is 2.34. The quantitative estimate of drug-likeness (QED) is 0.901. The largest absolute Gasteiger partial charge is 0.389 e. The Morgan fingerprint density at radius 1 is 1.16 bits per heavy atom. The van der Waals surface area contributed by atoms with Crippen molar-refractivity contribution in [3.63, 3.8) is 0 Å². The summed E-state index contributed by atoms with van der Waals surface area (Å²) >= 11 is 0. The molecule has 2 aliphatic rings. The molecule has 2 N–H and O–H groups in total. The van der Waals surface area contributed by atoms with Crippen LogP contribution in [0.2, 0.25) is 0 Å². The van der Waals surface area contributed by atoms with Crippen molar-refractivity contribution in [2.75, 3.05) is 13.1 Å². The Bertz CT molecular complexity index is 757. The summed E-state index contributed by atoms with van der Waals surface area (Å²) in [5.74, 6) is -0.149. The van der Waals surface area contributed by atoms with Gasteiger partial charge in [-0.05, 0) is 57.3 Å². The smallest absolute Gasteiger partial charge is 0.253 e. The molecule has 4 rings (SSSR count). The van der Waals surface area contributed by atoms with Gasteiger partial charge < -0.3 is 10.4 Å². The highest BCUT2D eigenvalue weighted by atomic mass is 16.3. The number of para-hydroxylation sites is 1. The maximum absolute atomic E-state index is 12.7. The lowest BCUT2D eigenvalue weighted by atomic mass is 9.87. The number of pyridine rings is 1. The highest BCUT2D eigenvalue weighted by molar-refractivity contribution is 5.97. The van der Waals surface area contributed by atoms with Crippen LogP contribution in [0, 0.1) is 0 Å². The number of aliphatic hydroxyl groups is 1. The van der Waals surface area contributed by atoms with Crippen molar-refractivity contribution in [2.24, 2.45) is 0 Å². The number of carbonyl (C=O) groups excluding carboxylic acids is 1. The summed E-state index contributed by atoms with van der Waals surface area (Å²) in [6, 6.07) is 9.63. The minimum absolute atomic E-state index is 0.149. The van der Waals surface area contributed by atoms with Crippen LogP contribution < -0.4 is 5.32 Å². The normalized spacial score (nSPS) is 27.5. The van der Waals surface area contributed by atoms with Crippen molar-refractivity contribution in [3.8, 4) is 0 Å². The zero-order valence-electron chi connectivity index (χ0n) is 14.4. The predicted molar refractivity (Wildman–Crippen MR) is 97.5 cm³/mol. The molecule has 1 aliphatic heterocycles. The molecule has 1 aromatic carbocycles. The van der Waals surface area contributed by atoms with E-state index in [1.807, 2.05) is 30.3 Å². The van der Waals surface area contributed by atoms with Crippen LogP contribution in [-0.4, -0.2) is 52.2 Å². The number of likely N-dealkylation sites (tertiary alicyclic amines) is 1. The highest BCUT2D eigenvalue weighted by Gasteiger charge is 2.37. The summed E-state index contributed by atoms with van der Waals surface area (Å²) in [5.41, 5.74) is 1.43. The third-order valence-electron chi connectivity index (χ3n) is 5.60. The molecule has 0 unspecified atom stereocenters. The number of hydrogen-bond donors (Lipinski definition) is 2. The van der Waals surface area contributed by atoms with E-state index in [0.717, 1.165) is 43.3 Å². The number of fused-ring (bicyclic) bond motifs is 1. The Morgan fingerprint density at radius 3 is 2.80 bits per heavy atom. The number of carbonyl (C=O) groups is 1. The van der Waals surface area contributed by atoms with Crippen LogP contribution in [0.3, 0.4) is 0 Å². The van der Waals surface area contributed by atoms with Gasteiger partial charge in [-0.15, -0.1) is 0 Å². The lowest BCUT2D eigenvalue weighted by Gasteiger charge is -2.40. The lowest BCUT2D eigenvalue weighted by molar-refractivity contribution is 0.00703. The average Bonchev–Trinajstić information content (AvgIpc) is 3.17. The van der Waals surface area contributed by atoms with Crippen molar-refractivity contribution in [1.82, 2.24) is 15.2 Å². The average molecular weight is 339 g/mol. The molecular formula is C20H25N3O2. The Kier molecular flexibility index (Phi) is 4.68.